The number of nitrogens with zero attached hydrogens (tertiary/aromatic N) is 6. The first-order valence-corrected chi connectivity index (χ1v) is 15.5. The fraction of sp³-hybridized carbons (Fsp3) is 0.348. The Hall–Kier alpha value is -3.94. The molecule has 2 atom stereocenters. The van der Waals surface area contributed by atoms with Crippen LogP contribution >= 0.6 is 23.5 Å². The number of thioether (sulfide) groups is 2. The van der Waals surface area contributed by atoms with Crippen molar-refractivity contribution in [3.05, 3.63) is 52.9 Å². The van der Waals surface area contributed by atoms with Crippen LogP contribution in [0.5, 0.6) is 5.88 Å². The molecule has 2 N–H and O–H groups in total. The lowest BCUT2D eigenvalue weighted by atomic mass is 9.98. The van der Waals surface area contributed by atoms with Crippen molar-refractivity contribution in [3.63, 3.8) is 0 Å². The van der Waals surface area contributed by atoms with Crippen molar-refractivity contribution in [1.82, 2.24) is 35.6 Å². The van der Waals surface area contributed by atoms with Gasteiger partial charge in [0.2, 0.25) is 11.1 Å². The second kappa shape index (κ2) is 11.4. The number of carbonyl (C=O) groups is 3. The second-order valence-corrected chi connectivity index (χ2v) is 12.7. The zero-order valence-corrected chi connectivity index (χ0v) is 24.7. The summed E-state index contributed by atoms with van der Waals surface area (Å²) in [7, 11) is -1.32. The number of aliphatic carboxylic acids is 1. The number of nitrogens with one attached hydrogen (secondary N) is 1. The number of β-lactam (4-membered cyclic amide) rings is 1. The quantitative estimate of drug-likeness (QED) is 0.126. The first-order valence-electron chi connectivity index (χ1n) is 12.0. The van der Waals surface area contributed by atoms with Crippen molar-refractivity contribution in [3.8, 4) is 5.88 Å². The number of amides is 2. The Morgan fingerprint density at radius 2 is 2.05 bits per heavy atom. The predicted octanol–water partition coefficient (Wildman–Crippen LogP) is 0.322. The van der Waals surface area contributed by atoms with Crippen LogP contribution in [0.25, 0.3) is 0 Å². The second-order valence-electron chi connectivity index (χ2n) is 9.12. The molecule has 19 heteroatoms. The molecule has 2 amide bonds. The fourth-order valence-electron chi connectivity index (χ4n) is 4.24. The summed E-state index contributed by atoms with van der Waals surface area (Å²) in [5, 5.41) is 26.8. The maximum atomic E-state index is 13.3. The largest absolute Gasteiger partial charge is 0.477 e. The van der Waals surface area contributed by atoms with Gasteiger partial charge in [-0.05, 0) is 40.2 Å². The number of carboxylic acids is 1. The summed E-state index contributed by atoms with van der Waals surface area (Å²) in [5.41, 5.74) is -0.679. The summed E-state index contributed by atoms with van der Waals surface area (Å²) in [6.45, 7) is 1.81. The van der Waals surface area contributed by atoms with Crippen molar-refractivity contribution < 1.29 is 41.4 Å². The van der Waals surface area contributed by atoms with E-state index in [9.17, 15) is 27.9 Å². The smallest absolute Gasteiger partial charge is 0.352 e. The highest BCUT2D eigenvalue weighted by Crippen LogP contribution is 2.47. The molecular weight excluding hydrogens is 614 g/mol. The van der Waals surface area contributed by atoms with E-state index in [1.807, 2.05) is 0 Å². The third-order valence-electron chi connectivity index (χ3n) is 6.29. The van der Waals surface area contributed by atoms with E-state index in [0.29, 0.717) is 10.7 Å². The number of aryl methyl sites for hydroxylation is 2. The number of methoxy groups -OCH3 is 1. The van der Waals surface area contributed by atoms with Gasteiger partial charge in [0.25, 0.3) is 17.5 Å². The number of aromatic nitrogens is 5. The normalized spacial score (nSPS) is 20.2. The summed E-state index contributed by atoms with van der Waals surface area (Å²) in [6.07, 6.45) is -0.439. The zero-order chi connectivity index (χ0) is 30.2. The van der Waals surface area contributed by atoms with Gasteiger partial charge >= 0.3 is 16.1 Å². The van der Waals surface area contributed by atoms with Crippen LogP contribution in [0.2, 0.25) is 0 Å². The predicted molar refractivity (Wildman–Crippen MR) is 144 cm³/mol. The fourth-order valence-corrected chi connectivity index (χ4v) is 7.54. The molecule has 1 saturated heterocycles. The first kappa shape index (κ1) is 29.5. The summed E-state index contributed by atoms with van der Waals surface area (Å²) in [5.74, 6) is -2.74. The highest BCUT2D eigenvalue weighted by atomic mass is 32.2. The summed E-state index contributed by atoms with van der Waals surface area (Å²) in [6, 6.07) is 7.12. The molecular formula is C23H23N7O9S3. The molecule has 0 spiro atoms. The van der Waals surface area contributed by atoms with Crippen LogP contribution in [0.15, 0.2) is 56.2 Å². The minimum absolute atomic E-state index is 0.0449. The molecule has 2 aliphatic heterocycles. The van der Waals surface area contributed by atoms with Crippen LogP contribution in [-0.2, 0) is 42.7 Å². The van der Waals surface area contributed by atoms with Crippen molar-refractivity contribution in [2.75, 3.05) is 18.6 Å². The first-order chi connectivity index (χ1) is 19.9. The number of rotatable bonds is 11. The monoisotopic (exact) mass is 637 g/mol. The van der Waals surface area contributed by atoms with Crippen molar-refractivity contribution >= 4 is 51.4 Å². The van der Waals surface area contributed by atoms with Crippen LogP contribution in [-0.4, -0.2) is 91.3 Å². The lowest BCUT2D eigenvalue weighted by Crippen LogP contribution is -2.80. The van der Waals surface area contributed by atoms with Crippen LogP contribution in [0.1, 0.15) is 11.3 Å². The van der Waals surface area contributed by atoms with Gasteiger partial charge in [-0.25, -0.2) is 9.48 Å². The van der Waals surface area contributed by atoms with E-state index in [-0.39, 0.29) is 33.7 Å². The highest BCUT2D eigenvalue weighted by molar-refractivity contribution is 8.01. The van der Waals surface area contributed by atoms with Gasteiger partial charge in [0.05, 0.1) is 6.42 Å². The Morgan fingerprint density at radius 1 is 1.31 bits per heavy atom. The van der Waals surface area contributed by atoms with Gasteiger partial charge in [-0.1, -0.05) is 29.5 Å². The Morgan fingerprint density at radius 3 is 2.69 bits per heavy atom. The molecule has 42 heavy (non-hydrogen) atoms. The van der Waals surface area contributed by atoms with Crippen LogP contribution in [0.3, 0.4) is 0 Å². The summed E-state index contributed by atoms with van der Waals surface area (Å²) >= 11 is 2.45. The number of benzene rings is 1. The molecule has 2 aromatic heterocycles. The molecule has 0 bridgehead atoms. The van der Waals surface area contributed by atoms with E-state index >= 15 is 0 Å². The maximum absolute atomic E-state index is 13.3. The van der Waals surface area contributed by atoms with Crippen LogP contribution < -0.4 is 9.50 Å². The molecule has 5 rings (SSSR count). The third-order valence-corrected chi connectivity index (χ3v) is 10.0. The third kappa shape index (κ3) is 5.46. The number of hydrogen-bond acceptors (Lipinski definition) is 14. The number of carboxylic acid groups (broad SMARTS) is 1. The van der Waals surface area contributed by atoms with Gasteiger partial charge in [0.15, 0.2) is 0 Å². The topological polar surface area (TPSA) is 209 Å². The Balaban J connectivity index is 1.25. The number of ether oxygens (including phenoxy) is 1. The van der Waals surface area contributed by atoms with Crippen molar-refractivity contribution in [1.29, 1.82) is 0 Å². The van der Waals surface area contributed by atoms with Gasteiger partial charge in [-0.2, -0.15) is 8.42 Å². The number of tetrazole rings is 1. The van der Waals surface area contributed by atoms with E-state index in [2.05, 4.69) is 26.0 Å². The van der Waals surface area contributed by atoms with Crippen molar-refractivity contribution in [2.45, 2.75) is 34.5 Å². The van der Waals surface area contributed by atoms with E-state index in [1.165, 1.54) is 47.4 Å². The Labute approximate surface area is 246 Å². The van der Waals surface area contributed by atoms with Gasteiger partial charge in [-0.3, -0.25) is 14.5 Å². The van der Waals surface area contributed by atoms with Crippen LogP contribution in [0, 0.1) is 6.92 Å². The molecule has 1 aromatic carbocycles. The van der Waals surface area contributed by atoms with Crippen LogP contribution in [0.4, 0.5) is 0 Å². The zero-order valence-electron chi connectivity index (χ0n) is 22.2. The molecule has 0 radical (unpaired) electrons. The molecule has 222 valence electrons. The van der Waals surface area contributed by atoms with Gasteiger partial charge in [-0.15, -0.1) is 16.9 Å². The lowest BCUT2D eigenvalue weighted by Gasteiger charge is -2.55. The Kier molecular flexibility index (Phi) is 8.01. The average molecular weight is 638 g/mol. The van der Waals surface area contributed by atoms with Crippen molar-refractivity contribution in [2.24, 2.45) is 7.05 Å². The minimum atomic E-state index is -4.19. The number of fused-ring (bicyclic) bond motifs is 1. The van der Waals surface area contributed by atoms with Gasteiger partial charge < -0.3 is 23.9 Å². The molecule has 3 aromatic rings. The number of hydrogen-bond donors (Lipinski definition) is 2. The van der Waals surface area contributed by atoms with E-state index in [0.717, 1.165) is 16.5 Å². The lowest BCUT2D eigenvalue weighted by molar-refractivity contribution is -0.192. The molecule has 0 unspecified atom stereocenters. The van der Waals surface area contributed by atoms with Gasteiger partial charge in [0, 0.05) is 31.7 Å². The minimum Gasteiger partial charge on any atom is -0.477 e. The summed E-state index contributed by atoms with van der Waals surface area (Å²) in [4.78, 5) is 39.4. The highest BCUT2D eigenvalue weighted by Gasteiger charge is 2.66. The molecule has 4 heterocycles. The SMILES string of the molecule is CO[C@@]1(NC(=O)Cc2cc(OS(=O)(=O)c3ccc(C)cc3)no2)C(=O)N2C(C(=O)O)=C(CSc3nnnn3C)CS[C@H]21. The average Bonchev–Trinajstić information content (AvgIpc) is 3.57. The molecule has 2 aliphatic rings. The molecule has 0 aliphatic carbocycles. The maximum Gasteiger partial charge on any atom is 0.352 e. The summed E-state index contributed by atoms with van der Waals surface area (Å²) < 4.78 is 41.9. The van der Waals surface area contributed by atoms with Gasteiger partial charge in [0.1, 0.15) is 21.7 Å². The number of carbonyl (C=O) groups excluding carboxylic acids is 2. The molecule has 1 fully saturated rings. The standard InChI is InChI=1S/C23H23N7O9S3/c1-12-4-6-15(7-5-12)42(35,36)39-17-9-14(38-26-17)8-16(31)24-23(37-3)20(34)30-18(19(32)33)13(10-40-21(23)30)11-41-22-25-27-28-29(22)2/h4-7,9,21H,8,10-11H2,1-3H3,(H,24,31)(H,32,33)/t21-,23-/m0/s1. The molecule has 0 saturated carbocycles. The van der Waals surface area contributed by atoms with E-state index in [1.54, 1.807) is 26.1 Å². The van der Waals surface area contributed by atoms with E-state index in [4.69, 9.17) is 13.4 Å². The Bertz CT molecular complexity index is 1690. The molecule has 16 nitrogen and oxygen atoms in total. The van der Waals surface area contributed by atoms with E-state index < -0.39 is 45.4 Å².